The van der Waals surface area contributed by atoms with Gasteiger partial charge in [0.2, 0.25) is 0 Å². The first-order chi connectivity index (χ1) is 9.79. The molecule has 2 aromatic rings. The number of ether oxygens (including phenoxy) is 1. The van der Waals surface area contributed by atoms with Crippen molar-refractivity contribution < 1.29 is 13.9 Å². The zero-order chi connectivity index (χ0) is 13.9. The van der Waals surface area contributed by atoms with Crippen molar-refractivity contribution in [3.63, 3.8) is 0 Å². The molecule has 0 bridgehead atoms. The molecule has 1 saturated heterocycles. The molecule has 20 heavy (non-hydrogen) atoms. The second-order valence-corrected chi connectivity index (χ2v) is 5.70. The summed E-state index contributed by atoms with van der Waals surface area (Å²) >= 11 is 1.77. The van der Waals surface area contributed by atoms with Gasteiger partial charge in [-0.05, 0) is 23.8 Å². The Morgan fingerprint density at radius 2 is 2.35 bits per heavy atom. The number of nitrogens with zero attached hydrogens (tertiary/aromatic N) is 1. The SMILES string of the molecule is COc1cccc(C2SCCN2C(=O)c2ccoc2)c1. The first-order valence-electron chi connectivity index (χ1n) is 6.38. The average Bonchev–Trinajstić information content (AvgIpc) is 3.17. The van der Waals surface area contributed by atoms with Crippen LogP contribution in [0, 0.1) is 0 Å². The second kappa shape index (κ2) is 5.63. The van der Waals surface area contributed by atoms with Gasteiger partial charge in [0, 0.05) is 12.3 Å². The highest BCUT2D eigenvalue weighted by Gasteiger charge is 2.31. The molecule has 4 nitrogen and oxygen atoms in total. The zero-order valence-corrected chi connectivity index (χ0v) is 11.9. The summed E-state index contributed by atoms with van der Waals surface area (Å²) in [7, 11) is 1.65. The number of methoxy groups -OCH3 is 1. The normalized spacial score (nSPS) is 18.2. The minimum Gasteiger partial charge on any atom is -0.497 e. The quantitative estimate of drug-likeness (QED) is 0.870. The summed E-state index contributed by atoms with van der Waals surface area (Å²) < 4.78 is 10.3. The van der Waals surface area contributed by atoms with Crippen molar-refractivity contribution in [3.05, 3.63) is 54.0 Å². The van der Waals surface area contributed by atoms with Crippen molar-refractivity contribution in [2.75, 3.05) is 19.4 Å². The first-order valence-corrected chi connectivity index (χ1v) is 7.43. The van der Waals surface area contributed by atoms with Crippen LogP contribution in [-0.4, -0.2) is 30.2 Å². The highest BCUT2D eigenvalue weighted by molar-refractivity contribution is 7.99. The summed E-state index contributed by atoms with van der Waals surface area (Å²) in [4.78, 5) is 14.3. The molecule has 1 aliphatic heterocycles. The van der Waals surface area contributed by atoms with E-state index in [2.05, 4.69) is 0 Å². The lowest BCUT2D eigenvalue weighted by Gasteiger charge is -2.23. The monoisotopic (exact) mass is 289 g/mol. The standard InChI is InChI=1S/C15H15NO3S/c1-18-13-4-2-3-11(9-13)15-16(6-8-20-15)14(17)12-5-7-19-10-12/h2-5,7,9-10,15H,6,8H2,1H3. The smallest absolute Gasteiger partial charge is 0.258 e. The fourth-order valence-electron chi connectivity index (χ4n) is 2.30. The van der Waals surface area contributed by atoms with Crippen LogP contribution >= 0.6 is 11.8 Å². The molecule has 0 saturated carbocycles. The number of carbonyl (C=O) groups is 1. The van der Waals surface area contributed by atoms with Gasteiger partial charge in [-0.2, -0.15) is 0 Å². The lowest BCUT2D eigenvalue weighted by Crippen LogP contribution is -2.30. The maximum atomic E-state index is 12.5. The van der Waals surface area contributed by atoms with Crippen molar-refractivity contribution in [2.24, 2.45) is 0 Å². The minimum atomic E-state index is 0.0107. The van der Waals surface area contributed by atoms with Gasteiger partial charge in [-0.15, -0.1) is 11.8 Å². The van der Waals surface area contributed by atoms with Gasteiger partial charge >= 0.3 is 0 Å². The fourth-order valence-corrected chi connectivity index (χ4v) is 3.55. The van der Waals surface area contributed by atoms with E-state index in [0.717, 1.165) is 23.6 Å². The van der Waals surface area contributed by atoms with Crippen molar-refractivity contribution in [1.82, 2.24) is 4.90 Å². The van der Waals surface area contributed by atoms with Gasteiger partial charge < -0.3 is 14.1 Å². The van der Waals surface area contributed by atoms with Crippen LogP contribution in [0.4, 0.5) is 0 Å². The van der Waals surface area contributed by atoms with Crippen molar-refractivity contribution in [1.29, 1.82) is 0 Å². The summed E-state index contributed by atoms with van der Waals surface area (Å²) in [5, 5.41) is 0.0347. The molecule has 0 aliphatic carbocycles. The summed E-state index contributed by atoms with van der Waals surface area (Å²) in [6, 6.07) is 9.58. The molecule has 5 heteroatoms. The molecular formula is C15H15NO3S. The Morgan fingerprint density at radius 3 is 3.10 bits per heavy atom. The number of thioether (sulfide) groups is 1. The van der Waals surface area contributed by atoms with E-state index in [-0.39, 0.29) is 11.3 Å². The highest BCUT2D eigenvalue weighted by Crippen LogP contribution is 2.39. The average molecular weight is 289 g/mol. The van der Waals surface area contributed by atoms with Crippen LogP contribution < -0.4 is 4.74 Å². The van der Waals surface area contributed by atoms with Gasteiger partial charge in [0.15, 0.2) is 0 Å². The molecule has 1 atom stereocenters. The third-order valence-electron chi connectivity index (χ3n) is 3.30. The third-order valence-corrected chi connectivity index (χ3v) is 4.56. The van der Waals surface area contributed by atoms with Crippen LogP contribution in [0.3, 0.4) is 0 Å². The van der Waals surface area contributed by atoms with Crippen LogP contribution in [0.25, 0.3) is 0 Å². The van der Waals surface area contributed by atoms with Crippen LogP contribution in [0.1, 0.15) is 21.3 Å². The van der Waals surface area contributed by atoms with Crippen LogP contribution in [0.5, 0.6) is 5.75 Å². The van der Waals surface area contributed by atoms with Crippen molar-refractivity contribution in [2.45, 2.75) is 5.37 Å². The van der Waals surface area contributed by atoms with E-state index in [1.54, 1.807) is 24.9 Å². The van der Waals surface area contributed by atoms with Gasteiger partial charge in [-0.3, -0.25) is 4.79 Å². The van der Waals surface area contributed by atoms with E-state index in [0.29, 0.717) is 5.56 Å². The number of benzene rings is 1. The Hall–Kier alpha value is -1.88. The first kappa shape index (κ1) is 13.1. The number of hydrogen-bond acceptors (Lipinski definition) is 4. The van der Waals surface area contributed by atoms with Gasteiger partial charge in [-0.1, -0.05) is 12.1 Å². The topological polar surface area (TPSA) is 42.7 Å². The van der Waals surface area contributed by atoms with E-state index in [4.69, 9.17) is 9.15 Å². The van der Waals surface area contributed by atoms with Crippen LogP contribution in [0.2, 0.25) is 0 Å². The number of hydrogen-bond donors (Lipinski definition) is 0. The van der Waals surface area contributed by atoms with Crippen molar-refractivity contribution >= 4 is 17.7 Å². The van der Waals surface area contributed by atoms with E-state index < -0.39 is 0 Å². The molecule has 0 N–H and O–H groups in total. The molecule has 1 aromatic heterocycles. The fraction of sp³-hybridized carbons (Fsp3) is 0.267. The molecular weight excluding hydrogens is 274 g/mol. The number of furan rings is 1. The maximum Gasteiger partial charge on any atom is 0.258 e. The van der Waals surface area contributed by atoms with E-state index in [1.807, 2.05) is 29.2 Å². The summed E-state index contributed by atoms with van der Waals surface area (Å²) in [6.45, 7) is 0.747. The van der Waals surface area contributed by atoms with Gasteiger partial charge in [0.25, 0.3) is 5.91 Å². The maximum absolute atomic E-state index is 12.5. The Kier molecular flexibility index (Phi) is 3.69. The molecule has 2 heterocycles. The lowest BCUT2D eigenvalue weighted by atomic mass is 10.2. The Bertz CT molecular complexity index is 597. The second-order valence-electron chi connectivity index (χ2n) is 4.51. The summed E-state index contributed by atoms with van der Waals surface area (Å²) in [6.07, 6.45) is 3.02. The molecule has 1 aromatic carbocycles. The molecule has 0 spiro atoms. The molecule has 104 valence electrons. The summed E-state index contributed by atoms with van der Waals surface area (Å²) in [5.41, 5.74) is 1.68. The van der Waals surface area contributed by atoms with Crippen LogP contribution in [-0.2, 0) is 0 Å². The predicted molar refractivity (Wildman–Crippen MR) is 77.9 cm³/mol. The van der Waals surface area contributed by atoms with Crippen molar-refractivity contribution in [3.8, 4) is 5.75 Å². The Balaban J connectivity index is 1.86. The minimum absolute atomic E-state index is 0.0107. The van der Waals surface area contributed by atoms with Gasteiger partial charge in [-0.25, -0.2) is 0 Å². The van der Waals surface area contributed by atoms with E-state index >= 15 is 0 Å². The molecule has 3 rings (SSSR count). The van der Waals surface area contributed by atoms with Gasteiger partial charge in [0.05, 0.1) is 18.9 Å². The zero-order valence-electron chi connectivity index (χ0n) is 11.1. The largest absolute Gasteiger partial charge is 0.497 e. The molecule has 1 unspecified atom stereocenters. The number of rotatable bonds is 3. The molecule has 1 fully saturated rings. The van der Waals surface area contributed by atoms with Gasteiger partial charge in [0.1, 0.15) is 17.4 Å². The molecule has 1 amide bonds. The highest BCUT2D eigenvalue weighted by atomic mass is 32.2. The summed E-state index contributed by atoms with van der Waals surface area (Å²) in [5.74, 6) is 1.76. The Morgan fingerprint density at radius 1 is 1.45 bits per heavy atom. The Labute approximate surface area is 121 Å². The predicted octanol–water partition coefficient (Wildman–Crippen LogP) is 3.18. The number of amides is 1. The van der Waals surface area contributed by atoms with Crippen LogP contribution in [0.15, 0.2) is 47.3 Å². The molecule has 1 aliphatic rings. The lowest BCUT2D eigenvalue weighted by molar-refractivity contribution is 0.0759. The molecule has 0 radical (unpaired) electrons. The van der Waals surface area contributed by atoms with E-state index in [9.17, 15) is 4.79 Å². The third kappa shape index (κ3) is 2.41. The van der Waals surface area contributed by atoms with E-state index in [1.165, 1.54) is 12.5 Å². The number of carbonyl (C=O) groups excluding carboxylic acids is 1.